The molecule has 9 heteroatoms. The molecule has 150 valence electrons. The Hall–Kier alpha value is -3.20. The smallest absolute Gasteiger partial charge is 0.330 e. The van der Waals surface area contributed by atoms with E-state index >= 15 is 0 Å². The second kappa shape index (κ2) is 6.70. The summed E-state index contributed by atoms with van der Waals surface area (Å²) in [6.45, 7) is 2.00. The molecule has 0 aromatic carbocycles. The normalized spacial score (nSPS) is 19.8. The van der Waals surface area contributed by atoms with Crippen molar-refractivity contribution < 1.29 is 5.11 Å². The third-order valence-corrected chi connectivity index (χ3v) is 5.93. The van der Waals surface area contributed by atoms with Crippen LogP contribution in [0.1, 0.15) is 37.4 Å². The van der Waals surface area contributed by atoms with Crippen LogP contribution in [-0.4, -0.2) is 39.7 Å². The van der Waals surface area contributed by atoms with Gasteiger partial charge in [0.15, 0.2) is 5.65 Å². The number of imidazole rings is 2. The Balaban J connectivity index is 1.56. The number of anilines is 2. The van der Waals surface area contributed by atoms with Gasteiger partial charge in [0.1, 0.15) is 11.2 Å². The predicted molar refractivity (Wildman–Crippen MR) is 109 cm³/mol. The van der Waals surface area contributed by atoms with E-state index in [9.17, 15) is 9.90 Å². The van der Waals surface area contributed by atoms with Crippen molar-refractivity contribution in [3.05, 3.63) is 46.9 Å². The lowest BCUT2D eigenvalue weighted by Gasteiger charge is -2.26. The quantitative estimate of drug-likeness (QED) is 0.554. The zero-order valence-corrected chi connectivity index (χ0v) is 16.4. The van der Waals surface area contributed by atoms with Crippen LogP contribution in [0, 0.1) is 6.92 Å². The maximum atomic E-state index is 12.9. The van der Waals surface area contributed by atoms with E-state index in [0.29, 0.717) is 30.0 Å². The number of nitrogens with zero attached hydrogens (tertiary/aromatic N) is 6. The van der Waals surface area contributed by atoms with E-state index in [1.165, 1.54) is 0 Å². The number of hydrogen-bond donors (Lipinski definition) is 2. The standard InChI is InChI=1S/C20H23N7O2/c1-12-15(7-8-17-21-9-10-26(12)17)23-19-22-11-16-18(24-19)27(20(29)25(16)2)13-3-5-14(28)6-4-13/h7-11,13-14,28H,3-6H2,1-2H3,(H,22,23,24). The predicted octanol–water partition coefficient (Wildman–Crippen LogP) is 2.31. The first kappa shape index (κ1) is 17.9. The molecule has 29 heavy (non-hydrogen) atoms. The summed E-state index contributed by atoms with van der Waals surface area (Å²) < 4.78 is 5.35. The van der Waals surface area contributed by atoms with Crippen LogP contribution in [0.5, 0.6) is 0 Å². The highest BCUT2D eigenvalue weighted by atomic mass is 16.3. The van der Waals surface area contributed by atoms with Gasteiger partial charge in [-0.15, -0.1) is 0 Å². The van der Waals surface area contributed by atoms with Crippen LogP contribution in [0.3, 0.4) is 0 Å². The molecule has 0 aliphatic heterocycles. The van der Waals surface area contributed by atoms with E-state index in [1.807, 2.05) is 29.7 Å². The van der Waals surface area contributed by atoms with Gasteiger partial charge >= 0.3 is 5.69 Å². The van der Waals surface area contributed by atoms with Crippen LogP contribution in [0.4, 0.5) is 11.6 Å². The van der Waals surface area contributed by atoms with Crippen molar-refractivity contribution in [1.29, 1.82) is 0 Å². The third-order valence-electron chi connectivity index (χ3n) is 5.93. The summed E-state index contributed by atoms with van der Waals surface area (Å²) >= 11 is 0. The summed E-state index contributed by atoms with van der Waals surface area (Å²) in [5, 5.41) is 13.1. The van der Waals surface area contributed by atoms with Gasteiger partial charge in [-0.25, -0.2) is 14.8 Å². The van der Waals surface area contributed by atoms with Gasteiger partial charge in [0.2, 0.25) is 5.95 Å². The summed E-state index contributed by atoms with van der Waals surface area (Å²) in [6, 6.07) is 3.92. The van der Waals surface area contributed by atoms with E-state index < -0.39 is 0 Å². The number of aromatic nitrogens is 6. The highest BCUT2D eigenvalue weighted by Gasteiger charge is 2.26. The Morgan fingerprint density at radius 2 is 1.97 bits per heavy atom. The van der Waals surface area contributed by atoms with Crippen molar-refractivity contribution in [1.82, 2.24) is 28.5 Å². The summed E-state index contributed by atoms with van der Waals surface area (Å²) in [7, 11) is 1.74. The lowest BCUT2D eigenvalue weighted by molar-refractivity contribution is 0.110. The molecule has 4 aromatic rings. The molecule has 9 nitrogen and oxygen atoms in total. The molecule has 0 radical (unpaired) electrons. The van der Waals surface area contributed by atoms with Crippen molar-refractivity contribution >= 4 is 28.4 Å². The number of nitrogens with one attached hydrogen (secondary N) is 1. The number of pyridine rings is 1. The fourth-order valence-electron chi connectivity index (χ4n) is 4.22. The van der Waals surface area contributed by atoms with Gasteiger partial charge in [0, 0.05) is 31.2 Å². The Kier molecular flexibility index (Phi) is 4.13. The number of fused-ring (bicyclic) bond motifs is 2. The molecule has 4 heterocycles. The number of aliphatic hydroxyl groups is 1. The van der Waals surface area contributed by atoms with Gasteiger partial charge in [-0.2, -0.15) is 4.98 Å². The van der Waals surface area contributed by atoms with Crippen LogP contribution >= 0.6 is 0 Å². The lowest BCUT2D eigenvalue weighted by Crippen LogP contribution is -2.30. The van der Waals surface area contributed by atoms with Crippen molar-refractivity contribution in [2.45, 2.75) is 44.8 Å². The van der Waals surface area contributed by atoms with Crippen molar-refractivity contribution in [2.75, 3.05) is 5.32 Å². The highest BCUT2D eigenvalue weighted by Crippen LogP contribution is 2.30. The molecule has 0 amide bonds. The van der Waals surface area contributed by atoms with Crippen LogP contribution < -0.4 is 11.0 Å². The minimum absolute atomic E-state index is 0.0429. The SMILES string of the molecule is Cc1c(Nc2ncc3c(n2)n(C2CCC(O)CC2)c(=O)n3C)ccc2nccn12. The summed E-state index contributed by atoms with van der Waals surface area (Å²) in [4.78, 5) is 26.3. The second-order valence-corrected chi connectivity index (χ2v) is 7.69. The molecule has 0 bridgehead atoms. The molecule has 0 atom stereocenters. The van der Waals surface area contributed by atoms with E-state index in [4.69, 9.17) is 0 Å². The molecule has 1 saturated carbocycles. The first-order valence-electron chi connectivity index (χ1n) is 9.84. The Labute approximate surface area is 166 Å². The molecule has 4 aromatic heterocycles. The monoisotopic (exact) mass is 393 g/mol. The Morgan fingerprint density at radius 3 is 2.76 bits per heavy atom. The molecule has 1 aliphatic rings. The average Bonchev–Trinajstić information content (AvgIpc) is 3.29. The van der Waals surface area contributed by atoms with E-state index in [1.54, 1.807) is 28.6 Å². The van der Waals surface area contributed by atoms with Crippen LogP contribution in [0.2, 0.25) is 0 Å². The molecular formula is C20H23N7O2. The van der Waals surface area contributed by atoms with Gasteiger partial charge in [-0.3, -0.25) is 9.13 Å². The van der Waals surface area contributed by atoms with E-state index in [2.05, 4.69) is 20.3 Å². The molecule has 1 aliphatic carbocycles. The number of hydrogen-bond acceptors (Lipinski definition) is 6. The van der Waals surface area contributed by atoms with Crippen molar-refractivity contribution in [2.24, 2.45) is 7.05 Å². The van der Waals surface area contributed by atoms with Gasteiger partial charge in [-0.05, 0) is 44.7 Å². The fraction of sp³-hybridized carbons (Fsp3) is 0.400. The topological polar surface area (TPSA) is 102 Å². The van der Waals surface area contributed by atoms with Gasteiger partial charge in [0.05, 0.1) is 18.0 Å². The zero-order chi connectivity index (χ0) is 20.1. The Bertz CT molecular complexity index is 1260. The largest absolute Gasteiger partial charge is 0.393 e. The number of aryl methyl sites for hydroxylation is 2. The zero-order valence-electron chi connectivity index (χ0n) is 16.4. The number of aliphatic hydroxyl groups excluding tert-OH is 1. The first-order chi connectivity index (χ1) is 14.0. The number of rotatable bonds is 3. The van der Waals surface area contributed by atoms with Crippen LogP contribution in [-0.2, 0) is 7.05 Å². The third kappa shape index (κ3) is 2.89. The molecule has 5 rings (SSSR count). The highest BCUT2D eigenvalue weighted by molar-refractivity contribution is 5.73. The lowest BCUT2D eigenvalue weighted by atomic mass is 9.93. The maximum Gasteiger partial charge on any atom is 0.330 e. The average molecular weight is 393 g/mol. The molecule has 2 N–H and O–H groups in total. The van der Waals surface area contributed by atoms with E-state index in [-0.39, 0.29) is 17.8 Å². The molecule has 0 unspecified atom stereocenters. The van der Waals surface area contributed by atoms with Crippen molar-refractivity contribution in [3.63, 3.8) is 0 Å². The minimum atomic E-state index is -0.273. The molecule has 0 saturated heterocycles. The first-order valence-corrected chi connectivity index (χ1v) is 9.84. The molecular weight excluding hydrogens is 370 g/mol. The van der Waals surface area contributed by atoms with Crippen LogP contribution in [0.15, 0.2) is 35.5 Å². The van der Waals surface area contributed by atoms with Gasteiger partial charge in [-0.1, -0.05) is 0 Å². The summed E-state index contributed by atoms with van der Waals surface area (Å²) in [6.07, 6.45) is 8.02. The minimum Gasteiger partial charge on any atom is -0.393 e. The summed E-state index contributed by atoms with van der Waals surface area (Å²) in [5.41, 5.74) is 3.98. The molecule has 0 spiro atoms. The Morgan fingerprint density at radius 1 is 1.17 bits per heavy atom. The van der Waals surface area contributed by atoms with Crippen LogP contribution in [0.25, 0.3) is 16.8 Å². The van der Waals surface area contributed by atoms with Gasteiger partial charge < -0.3 is 14.8 Å². The summed E-state index contributed by atoms with van der Waals surface area (Å²) in [5.74, 6) is 0.440. The fourth-order valence-corrected chi connectivity index (χ4v) is 4.22. The molecule has 1 fully saturated rings. The maximum absolute atomic E-state index is 12.9. The van der Waals surface area contributed by atoms with Crippen molar-refractivity contribution in [3.8, 4) is 0 Å². The van der Waals surface area contributed by atoms with Gasteiger partial charge in [0.25, 0.3) is 0 Å². The van der Waals surface area contributed by atoms with E-state index in [0.717, 1.165) is 29.9 Å². The second-order valence-electron chi connectivity index (χ2n) is 7.69.